The molecule has 1 heterocycles. The minimum absolute atomic E-state index is 0.00781. The second kappa shape index (κ2) is 7.20. The Bertz CT molecular complexity index is 534. The number of halogens is 2. The van der Waals surface area contributed by atoms with E-state index in [1.165, 1.54) is 24.3 Å². The fourth-order valence-electron chi connectivity index (χ4n) is 2.54. The Labute approximate surface area is 127 Å². The number of benzene rings is 1. The van der Waals surface area contributed by atoms with Crippen molar-refractivity contribution in [3.05, 3.63) is 29.8 Å². The van der Waals surface area contributed by atoms with E-state index in [9.17, 15) is 18.4 Å². The van der Waals surface area contributed by atoms with Crippen molar-refractivity contribution in [2.75, 3.05) is 20.1 Å². The quantitative estimate of drug-likeness (QED) is 0.923. The number of hydrogen-bond donors (Lipinski definition) is 1. The molecule has 1 aromatic rings. The molecule has 5 nitrogen and oxygen atoms in total. The summed E-state index contributed by atoms with van der Waals surface area (Å²) in [6.07, 6.45) is 1.51. The van der Waals surface area contributed by atoms with E-state index < -0.39 is 6.61 Å². The number of rotatable bonds is 4. The molecular formula is C15H18F2N2O3. The highest BCUT2D eigenvalue weighted by Gasteiger charge is 2.28. The Hall–Kier alpha value is -2.18. The normalized spacial score (nSPS) is 18.2. The van der Waals surface area contributed by atoms with Crippen LogP contribution in [0.15, 0.2) is 24.3 Å². The minimum Gasteiger partial charge on any atom is -0.435 e. The van der Waals surface area contributed by atoms with Gasteiger partial charge in [0.05, 0.1) is 5.92 Å². The van der Waals surface area contributed by atoms with E-state index in [-0.39, 0.29) is 23.5 Å². The molecule has 1 atom stereocenters. The van der Waals surface area contributed by atoms with Crippen molar-refractivity contribution in [3.8, 4) is 5.75 Å². The molecule has 1 fully saturated rings. The summed E-state index contributed by atoms with van der Waals surface area (Å²) in [6.45, 7) is -1.94. The van der Waals surface area contributed by atoms with Crippen LogP contribution in [0.2, 0.25) is 0 Å². The highest BCUT2D eigenvalue weighted by molar-refractivity contribution is 5.94. The summed E-state index contributed by atoms with van der Waals surface area (Å²) in [4.78, 5) is 25.7. The molecule has 0 radical (unpaired) electrons. The molecule has 1 saturated heterocycles. The van der Waals surface area contributed by atoms with E-state index in [1.807, 2.05) is 0 Å². The first-order valence-electron chi connectivity index (χ1n) is 7.07. The Morgan fingerprint density at radius 1 is 1.32 bits per heavy atom. The van der Waals surface area contributed by atoms with E-state index in [4.69, 9.17) is 0 Å². The molecule has 0 saturated carbocycles. The number of likely N-dealkylation sites (tertiary alicyclic amines) is 1. The lowest BCUT2D eigenvalue weighted by Crippen LogP contribution is -2.44. The molecule has 1 N–H and O–H groups in total. The van der Waals surface area contributed by atoms with Gasteiger partial charge in [-0.15, -0.1) is 0 Å². The van der Waals surface area contributed by atoms with Gasteiger partial charge in [0, 0.05) is 25.7 Å². The Kier molecular flexibility index (Phi) is 5.30. The molecule has 0 bridgehead atoms. The highest BCUT2D eigenvalue weighted by atomic mass is 19.3. The molecule has 1 aliphatic heterocycles. The SMILES string of the molecule is CNC(=O)C1CCCN(C(=O)c2ccc(OC(F)F)cc2)C1. The largest absolute Gasteiger partial charge is 0.435 e. The average Bonchev–Trinajstić information content (AvgIpc) is 2.53. The number of ether oxygens (including phenoxy) is 1. The van der Waals surface area contributed by atoms with E-state index in [0.717, 1.165) is 12.8 Å². The van der Waals surface area contributed by atoms with Crippen LogP contribution < -0.4 is 10.1 Å². The molecule has 120 valence electrons. The van der Waals surface area contributed by atoms with Gasteiger partial charge in [0.2, 0.25) is 5.91 Å². The van der Waals surface area contributed by atoms with Gasteiger partial charge in [-0.05, 0) is 37.1 Å². The number of hydrogen-bond acceptors (Lipinski definition) is 3. The van der Waals surface area contributed by atoms with Gasteiger partial charge in [-0.3, -0.25) is 9.59 Å². The lowest BCUT2D eigenvalue weighted by atomic mass is 9.96. The van der Waals surface area contributed by atoms with Crippen molar-refractivity contribution >= 4 is 11.8 Å². The van der Waals surface area contributed by atoms with Crippen LogP contribution in [0.5, 0.6) is 5.75 Å². The second-order valence-corrected chi connectivity index (χ2v) is 5.11. The maximum Gasteiger partial charge on any atom is 0.387 e. The van der Waals surface area contributed by atoms with Crippen LogP contribution in [0.3, 0.4) is 0 Å². The maximum absolute atomic E-state index is 12.4. The topological polar surface area (TPSA) is 58.6 Å². The van der Waals surface area contributed by atoms with Gasteiger partial charge in [0.25, 0.3) is 5.91 Å². The molecule has 2 amide bonds. The third-order valence-electron chi connectivity index (χ3n) is 3.65. The monoisotopic (exact) mass is 312 g/mol. The number of nitrogens with zero attached hydrogens (tertiary/aromatic N) is 1. The average molecular weight is 312 g/mol. The molecule has 0 aliphatic carbocycles. The summed E-state index contributed by atoms with van der Waals surface area (Å²) < 4.78 is 28.4. The predicted molar refractivity (Wildman–Crippen MR) is 75.8 cm³/mol. The summed E-state index contributed by atoms with van der Waals surface area (Å²) >= 11 is 0. The van der Waals surface area contributed by atoms with E-state index >= 15 is 0 Å². The van der Waals surface area contributed by atoms with Crippen LogP contribution in [-0.2, 0) is 4.79 Å². The Balaban J connectivity index is 2.02. The molecule has 22 heavy (non-hydrogen) atoms. The zero-order valence-corrected chi connectivity index (χ0v) is 12.2. The summed E-state index contributed by atoms with van der Waals surface area (Å²) in [7, 11) is 1.57. The van der Waals surface area contributed by atoms with Crippen LogP contribution in [0.1, 0.15) is 23.2 Å². The number of nitrogens with one attached hydrogen (secondary N) is 1. The van der Waals surface area contributed by atoms with E-state index in [0.29, 0.717) is 18.7 Å². The molecular weight excluding hydrogens is 294 g/mol. The molecule has 2 rings (SSSR count). The minimum atomic E-state index is -2.89. The first kappa shape index (κ1) is 16.2. The van der Waals surface area contributed by atoms with Gasteiger partial charge in [-0.1, -0.05) is 0 Å². The number of alkyl halides is 2. The first-order valence-corrected chi connectivity index (χ1v) is 7.07. The summed E-state index contributed by atoms with van der Waals surface area (Å²) in [5.74, 6) is -0.479. The highest BCUT2D eigenvalue weighted by Crippen LogP contribution is 2.20. The van der Waals surface area contributed by atoms with Gasteiger partial charge < -0.3 is 15.0 Å². The van der Waals surface area contributed by atoms with Crippen LogP contribution in [0.4, 0.5) is 8.78 Å². The fraction of sp³-hybridized carbons (Fsp3) is 0.467. The van der Waals surface area contributed by atoms with Crippen molar-refractivity contribution in [3.63, 3.8) is 0 Å². The third kappa shape index (κ3) is 3.93. The van der Waals surface area contributed by atoms with Crippen molar-refractivity contribution < 1.29 is 23.1 Å². The van der Waals surface area contributed by atoms with Crippen LogP contribution in [0.25, 0.3) is 0 Å². The molecule has 7 heteroatoms. The number of amides is 2. The maximum atomic E-state index is 12.4. The smallest absolute Gasteiger partial charge is 0.387 e. The lowest BCUT2D eigenvalue weighted by molar-refractivity contribution is -0.125. The zero-order chi connectivity index (χ0) is 16.1. The molecule has 0 aromatic heterocycles. The van der Waals surface area contributed by atoms with Crippen molar-refractivity contribution in [1.82, 2.24) is 10.2 Å². The summed E-state index contributed by atoms with van der Waals surface area (Å²) in [6, 6.07) is 5.56. The molecule has 1 aliphatic rings. The molecule has 1 unspecified atom stereocenters. The van der Waals surface area contributed by atoms with Gasteiger partial charge >= 0.3 is 6.61 Å². The van der Waals surface area contributed by atoms with Crippen molar-refractivity contribution in [2.45, 2.75) is 19.5 Å². The zero-order valence-electron chi connectivity index (χ0n) is 12.2. The van der Waals surface area contributed by atoms with Gasteiger partial charge in [0.15, 0.2) is 0 Å². The van der Waals surface area contributed by atoms with Gasteiger partial charge in [0.1, 0.15) is 5.75 Å². The fourth-order valence-corrected chi connectivity index (χ4v) is 2.54. The Morgan fingerprint density at radius 3 is 2.59 bits per heavy atom. The predicted octanol–water partition coefficient (Wildman–Crippen LogP) is 1.89. The van der Waals surface area contributed by atoms with Crippen molar-refractivity contribution in [1.29, 1.82) is 0 Å². The van der Waals surface area contributed by atoms with Crippen LogP contribution >= 0.6 is 0 Å². The van der Waals surface area contributed by atoms with Gasteiger partial charge in [-0.2, -0.15) is 8.78 Å². The lowest BCUT2D eigenvalue weighted by Gasteiger charge is -2.31. The van der Waals surface area contributed by atoms with Gasteiger partial charge in [-0.25, -0.2) is 0 Å². The van der Waals surface area contributed by atoms with E-state index in [2.05, 4.69) is 10.1 Å². The number of piperidine rings is 1. The van der Waals surface area contributed by atoms with Crippen LogP contribution in [-0.4, -0.2) is 43.5 Å². The standard InChI is InChI=1S/C15H18F2N2O3/c1-18-13(20)11-3-2-8-19(9-11)14(21)10-4-6-12(7-5-10)22-15(16)17/h4-7,11,15H,2-3,8-9H2,1H3,(H,18,20). The van der Waals surface area contributed by atoms with E-state index in [1.54, 1.807) is 11.9 Å². The second-order valence-electron chi connectivity index (χ2n) is 5.11. The number of carbonyl (C=O) groups is 2. The molecule has 0 spiro atoms. The van der Waals surface area contributed by atoms with Crippen molar-refractivity contribution in [2.24, 2.45) is 5.92 Å². The first-order chi connectivity index (χ1) is 10.5. The summed E-state index contributed by atoms with van der Waals surface area (Å²) in [5, 5.41) is 2.60. The van der Waals surface area contributed by atoms with Crippen LogP contribution in [0, 0.1) is 5.92 Å². The third-order valence-corrected chi connectivity index (χ3v) is 3.65. The molecule has 1 aromatic carbocycles. The Morgan fingerprint density at radius 2 is 2.00 bits per heavy atom. The number of carbonyl (C=O) groups excluding carboxylic acids is 2. The summed E-state index contributed by atoms with van der Waals surface area (Å²) in [5.41, 5.74) is 0.388.